The van der Waals surface area contributed by atoms with Gasteiger partial charge < -0.3 is 10.6 Å². The second-order valence-electron chi connectivity index (χ2n) is 5.88. The van der Waals surface area contributed by atoms with Crippen LogP contribution in [-0.4, -0.2) is 43.5 Å². The molecule has 2 fully saturated rings. The molecule has 2 heterocycles. The van der Waals surface area contributed by atoms with Gasteiger partial charge in [-0.1, -0.05) is 11.6 Å². The largest absolute Gasteiger partial charge is 0.325 e. The summed E-state index contributed by atoms with van der Waals surface area (Å²) in [5.41, 5.74) is 0.531. The summed E-state index contributed by atoms with van der Waals surface area (Å²) in [7, 11) is 0. The Balaban J connectivity index is 1.53. The molecule has 1 aromatic rings. The number of nitrogens with one attached hydrogen (secondary N) is 2. The van der Waals surface area contributed by atoms with Crippen molar-refractivity contribution in [3.8, 4) is 0 Å². The third-order valence-corrected chi connectivity index (χ3v) is 4.65. The molecule has 0 saturated carbocycles. The lowest BCUT2D eigenvalue weighted by Crippen LogP contribution is -2.43. The van der Waals surface area contributed by atoms with Gasteiger partial charge >= 0.3 is 0 Å². The van der Waals surface area contributed by atoms with Gasteiger partial charge in [-0.05, 0) is 56.1 Å². The minimum absolute atomic E-state index is 0.0191. The number of hydrogen-bond acceptors (Lipinski definition) is 3. The number of hydrogen-bond donors (Lipinski definition) is 2. The van der Waals surface area contributed by atoms with Gasteiger partial charge in [-0.15, -0.1) is 0 Å². The van der Waals surface area contributed by atoms with E-state index in [2.05, 4.69) is 15.5 Å². The molecule has 0 spiro atoms. The van der Waals surface area contributed by atoms with Crippen LogP contribution in [0.1, 0.15) is 6.42 Å². The molecule has 0 aliphatic carbocycles. The highest BCUT2D eigenvalue weighted by atomic mass is 35.5. The van der Waals surface area contributed by atoms with E-state index in [4.69, 9.17) is 11.6 Å². The maximum Gasteiger partial charge on any atom is 0.238 e. The summed E-state index contributed by atoms with van der Waals surface area (Å²) < 4.78 is 13.1. The number of benzene rings is 1. The number of halogens is 2. The van der Waals surface area contributed by atoms with Crippen molar-refractivity contribution in [3.05, 3.63) is 29.0 Å². The maximum atomic E-state index is 13.1. The van der Waals surface area contributed by atoms with Crippen LogP contribution in [0.4, 0.5) is 10.1 Å². The molecular weight excluding hydrogens is 293 g/mol. The van der Waals surface area contributed by atoms with Crippen LogP contribution in [0.15, 0.2) is 18.2 Å². The van der Waals surface area contributed by atoms with Gasteiger partial charge in [0.25, 0.3) is 0 Å². The van der Waals surface area contributed by atoms with Crippen LogP contribution in [0, 0.1) is 17.7 Å². The average Bonchev–Trinajstić information content (AvgIpc) is 2.90. The zero-order valence-corrected chi connectivity index (χ0v) is 12.5. The number of amides is 1. The molecule has 0 aromatic heterocycles. The highest BCUT2D eigenvalue weighted by molar-refractivity contribution is 6.31. The Hall–Kier alpha value is -1.17. The summed E-state index contributed by atoms with van der Waals surface area (Å²) >= 11 is 5.71. The molecule has 21 heavy (non-hydrogen) atoms. The SMILES string of the molecule is O=C(CN1CCC2CNCC2C1)Nc1ccc(F)c(Cl)c1. The summed E-state index contributed by atoms with van der Waals surface area (Å²) in [4.78, 5) is 14.3. The normalized spacial score (nSPS) is 25.6. The predicted molar refractivity (Wildman–Crippen MR) is 80.9 cm³/mol. The fourth-order valence-electron chi connectivity index (χ4n) is 3.23. The number of carbonyl (C=O) groups excluding carboxylic acids is 1. The number of likely N-dealkylation sites (tertiary alicyclic amines) is 1. The average molecular weight is 312 g/mol. The van der Waals surface area contributed by atoms with Crippen LogP contribution in [0.25, 0.3) is 0 Å². The molecule has 4 nitrogen and oxygen atoms in total. The van der Waals surface area contributed by atoms with E-state index in [0.29, 0.717) is 18.2 Å². The first-order valence-electron chi connectivity index (χ1n) is 7.30. The van der Waals surface area contributed by atoms with E-state index in [1.54, 1.807) is 0 Å². The monoisotopic (exact) mass is 311 g/mol. The number of carbonyl (C=O) groups is 1. The third-order valence-electron chi connectivity index (χ3n) is 4.36. The van der Waals surface area contributed by atoms with Crippen molar-refractivity contribution < 1.29 is 9.18 Å². The van der Waals surface area contributed by atoms with Gasteiger partial charge in [0.1, 0.15) is 5.82 Å². The van der Waals surface area contributed by atoms with Gasteiger partial charge in [-0.25, -0.2) is 4.39 Å². The van der Waals surface area contributed by atoms with Gasteiger partial charge in [-0.2, -0.15) is 0 Å². The van der Waals surface area contributed by atoms with Crippen molar-refractivity contribution in [1.29, 1.82) is 0 Å². The van der Waals surface area contributed by atoms with Crippen LogP contribution >= 0.6 is 11.6 Å². The smallest absolute Gasteiger partial charge is 0.238 e. The zero-order chi connectivity index (χ0) is 14.8. The molecule has 0 bridgehead atoms. The second-order valence-corrected chi connectivity index (χ2v) is 6.29. The van der Waals surface area contributed by atoms with Gasteiger partial charge in [0.2, 0.25) is 5.91 Å². The topological polar surface area (TPSA) is 44.4 Å². The van der Waals surface area contributed by atoms with E-state index in [9.17, 15) is 9.18 Å². The van der Waals surface area contributed by atoms with E-state index in [1.807, 2.05) is 0 Å². The van der Waals surface area contributed by atoms with Crippen LogP contribution in [0.5, 0.6) is 0 Å². The Morgan fingerprint density at radius 3 is 3.05 bits per heavy atom. The Morgan fingerprint density at radius 2 is 2.24 bits per heavy atom. The standard InChI is InChI=1S/C15H19ClFN3O/c16-13-5-12(1-2-14(13)17)19-15(21)9-20-4-3-10-6-18-7-11(10)8-20/h1-2,5,10-11,18H,3-4,6-9H2,(H,19,21). The molecule has 2 unspecified atom stereocenters. The number of fused-ring (bicyclic) bond motifs is 1. The van der Waals surface area contributed by atoms with Crippen molar-refractivity contribution in [2.24, 2.45) is 11.8 Å². The Morgan fingerprint density at radius 1 is 1.43 bits per heavy atom. The van der Waals surface area contributed by atoms with Crippen molar-refractivity contribution in [2.75, 3.05) is 38.0 Å². The lowest BCUT2D eigenvalue weighted by Gasteiger charge is -2.33. The van der Waals surface area contributed by atoms with Gasteiger partial charge in [0, 0.05) is 12.2 Å². The van der Waals surface area contributed by atoms with E-state index >= 15 is 0 Å². The number of nitrogens with zero attached hydrogens (tertiary/aromatic N) is 1. The van der Waals surface area contributed by atoms with E-state index < -0.39 is 5.82 Å². The fraction of sp³-hybridized carbons (Fsp3) is 0.533. The Kier molecular flexibility index (Phi) is 4.42. The van der Waals surface area contributed by atoms with E-state index in [0.717, 1.165) is 38.5 Å². The minimum atomic E-state index is -0.481. The molecule has 6 heteroatoms. The third kappa shape index (κ3) is 3.54. The van der Waals surface area contributed by atoms with E-state index in [-0.39, 0.29) is 10.9 Å². The Labute approximate surface area is 128 Å². The molecule has 0 radical (unpaired) electrons. The highest BCUT2D eigenvalue weighted by Crippen LogP contribution is 2.26. The molecule has 2 aliphatic rings. The maximum absolute atomic E-state index is 13.1. The summed E-state index contributed by atoms with van der Waals surface area (Å²) in [6.45, 7) is 4.46. The second kappa shape index (κ2) is 6.30. The van der Waals surface area contributed by atoms with Crippen LogP contribution in [0.3, 0.4) is 0 Å². The first-order chi connectivity index (χ1) is 10.1. The molecule has 1 aromatic carbocycles. The molecule has 2 atom stereocenters. The van der Waals surface area contributed by atoms with Crippen LogP contribution in [-0.2, 0) is 4.79 Å². The highest BCUT2D eigenvalue weighted by Gasteiger charge is 2.33. The van der Waals surface area contributed by atoms with Crippen molar-refractivity contribution >= 4 is 23.2 Å². The van der Waals surface area contributed by atoms with E-state index in [1.165, 1.54) is 18.2 Å². The van der Waals surface area contributed by atoms with Gasteiger partial charge in [0.05, 0.1) is 11.6 Å². The fourth-order valence-corrected chi connectivity index (χ4v) is 3.41. The molecule has 2 saturated heterocycles. The van der Waals surface area contributed by atoms with Gasteiger partial charge in [-0.3, -0.25) is 9.69 Å². The number of anilines is 1. The minimum Gasteiger partial charge on any atom is -0.325 e. The summed E-state index contributed by atoms with van der Waals surface area (Å²) in [5.74, 6) is 0.861. The van der Waals surface area contributed by atoms with Crippen molar-refractivity contribution in [3.63, 3.8) is 0 Å². The molecule has 2 N–H and O–H groups in total. The summed E-state index contributed by atoms with van der Waals surface area (Å²) in [5, 5.41) is 6.20. The number of rotatable bonds is 3. The lowest BCUT2D eigenvalue weighted by molar-refractivity contribution is -0.117. The van der Waals surface area contributed by atoms with Crippen LogP contribution in [0.2, 0.25) is 5.02 Å². The quantitative estimate of drug-likeness (QED) is 0.897. The van der Waals surface area contributed by atoms with Crippen molar-refractivity contribution in [2.45, 2.75) is 6.42 Å². The number of piperidine rings is 1. The summed E-state index contributed by atoms with van der Waals surface area (Å²) in [6, 6.07) is 4.21. The predicted octanol–water partition coefficient (Wildman–Crippen LogP) is 1.96. The first kappa shape index (κ1) is 14.8. The molecular formula is C15H19ClFN3O. The molecule has 2 aliphatic heterocycles. The zero-order valence-electron chi connectivity index (χ0n) is 11.7. The molecule has 114 valence electrons. The van der Waals surface area contributed by atoms with Gasteiger partial charge in [0.15, 0.2) is 0 Å². The Bertz CT molecular complexity index is 540. The molecule has 3 rings (SSSR count). The first-order valence-corrected chi connectivity index (χ1v) is 7.67. The summed E-state index contributed by atoms with van der Waals surface area (Å²) in [6.07, 6.45) is 1.15. The van der Waals surface area contributed by atoms with Crippen LogP contribution < -0.4 is 10.6 Å². The van der Waals surface area contributed by atoms with Crippen molar-refractivity contribution in [1.82, 2.24) is 10.2 Å². The lowest BCUT2D eigenvalue weighted by atomic mass is 9.89. The molecule has 1 amide bonds.